The molecule has 4 aliphatic heterocycles. The molecule has 4 rings (SSSR count). The van der Waals surface area contributed by atoms with Gasteiger partial charge in [0.1, 0.15) is 61.0 Å². The Kier molecular flexibility index (Phi) is 15.0. The molecule has 0 aromatic carbocycles. The summed E-state index contributed by atoms with van der Waals surface area (Å²) >= 11 is 0. The van der Waals surface area contributed by atoms with E-state index in [4.69, 9.17) is 33.3 Å². The summed E-state index contributed by atoms with van der Waals surface area (Å²) in [5.74, 6) is -2.38. The molecule has 4 heterocycles. The van der Waals surface area contributed by atoms with E-state index in [-0.39, 0.29) is 51.7 Å². The highest BCUT2D eigenvalue weighted by Crippen LogP contribution is 2.31. The molecule has 0 aliphatic carbocycles. The summed E-state index contributed by atoms with van der Waals surface area (Å²) < 4.78 is 33.4. The minimum absolute atomic E-state index is 0.0149. The first-order chi connectivity index (χ1) is 24.1. The number of unbranched alkanes of at least 4 members (excludes halogenated alkanes) is 1. The van der Waals surface area contributed by atoms with Crippen LogP contribution < -0.4 is 5.32 Å². The van der Waals surface area contributed by atoms with Crippen molar-refractivity contribution in [2.24, 2.45) is 0 Å². The first kappa shape index (κ1) is 41.3. The van der Waals surface area contributed by atoms with Gasteiger partial charge in [-0.2, -0.15) is 0 Å². The van der Waals surface area contributed by atoms with E-state index < -0.39 is 122 Å². The summed E-state index contributed by atoms with van der Waals surface area (Å²) in [7, 11) is 0. The monoisotopic (exact) mass is 740 g/mol. The predicted octanol–water partition coefficient (Wildman–Crippen LogP) is -5.21. The first-order valence-corrected chi connectivity index (χ1v) is 16.7. The minimum atomic E-state index is -1.79. The van der Waals surface area contributed by atoms with E-state index >= 15 is 0 Å². The quantitative estimate of drug-likeness (QED) is 0.0560. The summed E-state index contributed by atoms with van der Waals surface area (Å²) in [5.41, 5.74) is 0. The number of carbonyl (C=O) groups excluding carboxylic acids is 4. The molecule has 0 aromatic rings. The summed E-state index contributed by atoms with van der Waals surface area (Å²) in [6, 6.07) is 0. The molecule has 0 bridgehead atoms. The number of ether oxygens (including phenoxy) is 6. The van der Waals surface area contributed by atoms with Gasteiger partial charge in [0.15, 0.2) is 18.9 Å². The normalized spacial score (nSPS) is 40.4. The average Bonchev–Trinajstić information content (AvgIpc) is 3.41. The number of hydrogen-bond acceptors (Lipinski definition) is 19. The molecule has 4 aliphatic rings. The fourth-order valence-corrected chi connectivity index (χ4v) is 5.77. The number of hydroxylamine groups is 2. The van der Waals surface area contributed by atoms with Crippen LogP contribution in [0.1, 0.15) is 52.4 Å². The van der Waals surface area contributed by atoms with Crippen LogP contribution in [0.15, 0.2) is 0 Å². The standard InChI is InChI=1S/C30H48N2O19/c1-12-19(37)22(40)24(42)28(47-12)46-11-14-21(39)27(50-30-25(43)23(41)20(38)13(2)48-30)26(44)29(49-14)45-10-9-31-15(33)5-3-4-6-18(36)51-32-16(34)7-8-17(32)35/h12-14,19-30,37-44H,3-11H2,1-2H3,(H,31,33)/t12-,13-,14+,19+,20+,21+,22-,23-,24-,25-,26-,27-,28+,29-,30-/m0/s1. The molecule has 0 radical (unpaired) electrons. The Morgan fingerprint density at radius 3 is 1.88 bits per heavy atom. The van der Waals surface area contributed by atoms with Crippen molar-refractivity contribution < 1.29 is 93.3 Å². The Morgan fingerprint density at radius 2 is 1.25 bits per heavy atom. The van der Waals surface area contributed by atoms with Crippen LogP contribution in [0.3, 0.4) is 0 Å². The lowest BCUT2D eigenvalue weighted by atomic mass is 9.97. The molecule has 3 amide bonds. The molecule has 21 nitrogen and oxygen atoms in total. The highest BCUT2D eigenvalue weighted by atomic mass is 16.7. The van der Waals surface area contributed by atoms with Crippen LogP contribution in [-0.2, 0) is 52.4 Å². The van der Waals surface area contributed by atoms with Gasteiger partial charge in [0, 0.05) is 32.2 Å². The van der Waals surface area contributed by atoms with Crippen molar-refractivity contribution in [1.29, 1.82) is 0 Å². The molecule has 0 spiro atoms. The average molecular weight is 741 g/mol. The van der Waals surface area contributed by atoms with Gasteiger partial charge in [-0.3, -0.25) is 14.4 Å². The topological polar surface area (TPSA) is 310 Å². The third kappa shape index (κ3) is 10.4. The van der Waals surface area contributed by atoms with E-state index in [1.807, 2.05) is 0 Å². The molecule has 4 fully saturated rings. The Balaban J connectivity index is 1.28. The van der Waals surface area contributed by atoms with Crippen LogP contribution in [0.4, 0.5) is 0 Å². The summed E-state index contributed by atoms with van der Waals surface area (Å²) in [4.78, 5) is 52.1. The number of rotatable bonds is 15. The van der Waals surface area contributed by atoms with Crippen molar-refractivity contribution in [1.82, 2.24) is 10.4 Å². The number of hydrogen-bond donors (Lipinski definition) is 9. The Bertz CT molecular complexity index is 1180. The Hall–Kier alpha value is -2.48. The fourth-order valence-electron chi connectivity index (χ4n) is 5.77. The molecule has 292 valence electrons. The second-order valence-corrected chi connectivity index (χ2v) is 12.8. The highest BCUT2D eigenvalue weighted by Gasteiger charge is 2.51. The second kappa shape index (κ2) is 18.5. The second-order valence-electron chi connectivity index (χ2n) is 12.8. The molecular formula is C30H48N2O19. The van der Waals surface area contributed by atoms with E-state index in [1.165, 1.54) is 13.8 Å². The fraction of sp³-hybridized carbons (Fsp3) is 0.867. The van der Waals surface area contributed by atoms with Gasteiger partial charge >= 0.3 is 5.97 Å². The number of aliphatic hydroxyl groups is 8. The summed E-state index contributed by atoms with van der Waals surface area (Å²) in [6.45, 7) is 2.00. The first-order valence-electron chi connectivity index (χ1n) is 16.7. The third-order valence-corrected chi connectivity index (χ3v) is 8.91. The maximum absolute atomic E-state index is 12.3. The summed E-state index contributed by atoms with van der Waals surface area (Å²) in [5, 5.41) is 86.3. The van der Waals surface area contributed by atoms with Gasteiger partial charge in [-0.15, -0.1) is 5.06 Å². The molecule has 51 heavy (non-hydrogen) atoms. The third-order valence-electron chi connectivity index (χ3n) is 8.91. The van der Waals surface area contributed by atoms with Gasteiger partial charge in [0.05, 0.1) is 25.4 Å². The smallest absolute Gasteiger partial charge is 0.333 e. The van der Waals surface area contributed by atoms with Crippen LogP contribution in [0.2, 0.25) is 0 Å². The van der Waals surface area contributed by atoms with E-state index in [9.17, 15) is 60.0 Å². The zero-order chi connectivity index (χ0) is 37.6. The lowest BCUT2D eigenvalue weighted by molar-refractivity contribution is -0.363. The molecule has 15 atom stereocenters. The molecule has 0 saturated carbocycles. The van der Waals surface area contributed by atoms with E-state index in [2.05, 4.69) is 5.32 Å². The molecule has 0 aromatic heterocycles. The van der Waals surface area contributed by atoms with Gasteiger partial charge in [0.2, 0.25) is 5.91 Å². The van der Waals surface area contributed by atoms with Crippen molar-refractivity contribution >= 4 is 23.7 Å². The van der Waals surface area contributed by atoms with Crippen LogP contribution in [0.5, 0.6) is 0 Å². The lowest BCUT2D eigenvalue weighted by Gasteiger charge is -2.46. The van der Waals surface area contributed by atoms with Crippen molar-refractivity contribution in [2.45, 2.75) is 144 Å². The maximum Gasteiger partial charge on any atom is 0.333 e. The molecule has 4 saturated heterocycles. The number of aliphatic hydroxyl groups excluding tert-OH is 8. The van der Waals surface area contributed by atoms with Crippen molar-refractivity contribution in [3.05, 3.63) is 0 Å². The zero-order valence-electron chi connectivity index (χ0n) is 28.0. The Labute approximate surface area is 291 Å². The van der Waals surface area contributed by atoms with Gasteiger partial charge in [0.25, 0.3) is 11.8 Å². The lowest BCUT2D eigenvalue weighted by Crippen LogP contribution is -2.64. The van der Waals surface area contributed by atoms with E-state index in [1.54, 1.807) is 0 Å². The number of amides is 3. The van der Waals surface area contributed by atoms with E-state index in [0.29, 0.717) is 5.06 Å². The van der Waals surface area contributed by atoms with E-state index in [0.717, 1.165) is 0 Å². The maximum atomic E-state index is 12.3. The highest BCUT2D eigenvalue weighted by molar-refractivity contribution is 6.01. The summed E-state index contributed by atoms with van der Waals surface area (Å²) in [6.07, 6.45) is -22.3. The van der Waals surface area contributed by atoms with Crippen molar-refractivity contribution in [3.8, 4) is 0 Å². The van der Waals surface area contributed by atoms with Gasteiger partial charge in [-0.25, -0.2) is 4.79 Å². The predicted molar refractivity (Wildman–Crippen MR) is 161 cm³/mol. The molecule has 21 heteroatoms. The van der Waals surface area contributed by atoms with Gasteiger partial charge < -0.3 is 79.4 Å². The molecule has 9 N–H and O–H groups in total. The van der Waals surface area contributed by atoms with Crippen LogP contribution >= 0.6 is 0 Å². The SMILES string of the molecule is C[C@@H]1O[C@@H](OC[C@H]2O[C@H](OCCNC(=O)CCCCC(=O)ON3C(=O)CCC3=O)[C@@H](O)[C@@H](O[C@@H]3O[C@@H](C)[C@@H](O)[C@H](O)[C@@H]3O)[C@@H]2O)[C@@H](O)[C@@H](O)[C@@H]1O. The molecule has 0 unspecified atom stereocenters. The molecular weight excluding hydrogens is 692 g/mol. The largest absolute Gasteiger partial charge is 0.388 e. The number of nitrogens with zero attached hydrogens (tertiary/aromatic N) is 1. The number of imide groups is 1. The van der Waals surface area contributed by atoms with Crippen LogP contribution in [-0.4, -0.2) is 181 Å². The number of nitrogens with one attached hydrogen (secondary N) is 1. The minimum Gasteiger partial charge on any atom is -0.388 e. The number of carbonyl (C=O) groups is 4. The van der Waals surface area contributed by atoms with Crippen molar-refractivity contribution in [3.63, 3.8) is 0 Å². The van der Waals surface area contributed by atoms with Gasteiger partial charge in [-0.05, 0) is 26.7 Å². The van der Waals surface area contributed by atoms with Crippen molar-refractivity contribution in [2.75, 3.05) is 19.8 Å². The Morgan fingerprint density at radius 1 is 0.706 bits per heavy atom. The van der Waals surface area contributed by atoms with Crippen LogP contribution in [0, 0.1) is 0 Å². The zero-order valence-corrected chi connectivity index (χ0v) is 28.0. The van der Waals surface area contributed by atoms with Gasteiger partial charge in [-0.1, -0.05) is 0 Å². The van der Waals surface area contributed by atoms with Crippen LogP contribution in [0.25, 0.3) is 0 Å².